The minimum absolute atomic E-state index is 0. The van der Waals surface area contributed by atoms with Crippen molar-refractivity contribution in [1.29, 1.82) is 0 Å². The van der Waals surface area contributed by atoms with Crippen molar-refractivity contribution in [2.75, 3.05) is 0 Å². The van der Waals surface area contributed by atoms with E-state index in [1.165, 1.54) is 5.56 Å². The molecule has 0 aliphatic heterocycles. The van der Waals surface area contributed by atoms with Crippen molar-refractivity contribution in [2.45, 2.75) is 20.3 Å². The van der Waals surface area contributed by atoms with Gasteiger partial charge in [0.25, 0.3) is 0 Å². The van der Waals surface area contributed by atoms with Gasteiger partial charge in [-0.2, -0.15) is 24.6 Å². The smallest absolute Gasteiger partial charge is 0.199 e. The third kappa shape index (κ3) is 4.68. The van der Waals surface area contributed by atoms with E-state index in [9.17, 15) is 0 Å². The van der Waals surface area contributed by atoms with Crippen LogP contribution in [0.5, 0.6) is 0 Å². The second-order valence-electron chi connectivity index (χ2n) is 3.42. The van der Waals surface area contributed by atoms with Gasteiger partial charge in [-0.25, -0.2) is 0 Å². The molecule has 1 aromatic carbocycles. The van der Waals surface area contributed by atoms with Gasteiger partial charge in [0.1, 0.15) is 0 Å². The van der Waals surface area contributed by atoms with Crippen LogP contribution in [0.3, 0.4) is 0 Å². The van der Waals surface area contributed by atoms with Crippen LogP contribution in [0, 0.1) is 12.8 Å². The van der Waals surface area contributed by atoms with E-state index in [2.05, 4.69) is 39.0 Å². The summed E-state index contributed by atoms with van der Waals surface area (Å²) in [5.41, 5.74) is 2.51. The molecule has 0 saturated carbocycles. The summed E-state index contributed by atoms with van der Waals surface area (Å²) in [4.78, 5) is 0. The van der Waals surface area contributed by atoms with E-state index >= 15 is 0 Å². The van der Waals surface area contributed by atoms with Gasteiger partial charge in [0, 0.05) is 0 Å². The number of hydrogen-bond acceptors (Lipinski definition) is 0. The third-order valence-electron chi connectivity index (χ3n) is 1.64. The Morgan fingerprint density at radius 2 is 2.00 bits per heavy atom. The van der Waals surface area contributed by atoms with Crippen LogP contribution in [0.15, 0.2) is 24.3 Å². The van der Waals surface area contributed by atoms with Crippen molar-refractivity contribution >= 4 is 0 Å². The van der Waals surface area contributed by atoms with E-state index in [4.69, 9.17) is 0 Å². The van der Waals surface area contributed by atoms with Crippen LogP contribution in [0.1, 0.15) is 25.0 Å². The summed E-state index contributed by atoms with van der Waals surface area (Å²) in [6, 6.07) is 8.42. The van der Waals surface area contributed by atoms with Gasteiger partial charge in [0.15, 0.2) is 0 Å². The van der Waals surface area contributed by atoms with Gasteiger partial charge in [-0.3, -0.25) is 0 Å². The fourth-order valence-corrected chi connectivity index (χ4v) is 1.23. The Kier molecular flexibility index (Phi) is 6.60. The second-order valence-corrected chi connectivity index (χ2v) is 3.42. The topological polar surface area (TPSA) is 0 Å². The molecule has 0 aliphatic rings. The van der Waals surface area contributed by atoms with Crippen molar-refractivity contribution in [3.05, 3.63) is 42.3 Å². The minimum atomic E-state index is 0. The van der Waals surface area contributed by atoms with E-state index in [-0.39, 0.29) is 51.4 Å². The molecule has 1 heteroatoms. The summed E-state index contributed by atoms with van der Waals surface area (Å²) in [6.07, 6.45) is 1.16. The minimum Gasteiger partial charge on any atom is -0.199 e. The zero-order valence-electron chi connectivity index (χ0n) is 8.30. The Bertz CT molecular complexity index is 228. The molecule has 0 radical (unpaired) electrons. The predicted octanol–water partition coefficient (Wildman–Crippen LogP) is 0.0713. The normalized spacial score (nSPS) is 9.58. The average Bonchev–Trinajstić information content (AvgIpc) is 1.85. The van der Waals surface area contributed by atoms with Gasteiger partial charge >= 0.3 is 51.4 Å². The first-order valence-electron chi connectivity index (χ1n) is 4.09. The van der Waals surface area contributed by atoms with E-state index < -0.39 is 0 Å². The zero-order valence-corrected chi connectivity index (χ0v) is 11.4. The Morgan fingerprint density at radius 1 is 1.33 bits per heavy atom. The van der Waals surface area contributed by atoms with Crippen LogP contribution in [0.25, 0.3) is 0 Å². The molecular formula is C11H15K. The first-order chi connectivity index (χ1) is 5.18. The third-order valence-corrected chi connectivity index (χ3v) is 1.64. The van der Waals surface area contributed by atoms with Crippen molar-refractivity contribution in [3.63, 3.8) is 0 Å². The molecule has 0 unspecified atom stereocenters. The largest absolute Gasteiger partial charge is 1.00 e. The molecule has 0 fully saturated rings. The molecule has 1 aromatic rings. The van der Waals surface area contributed by atoms with Crippen LogP contribution in [0.4, 0.5) is 0 Å². The zero-order chi connectivity index (χ0) is 8.27. The molecule has 1 rings (SSSR count). The van der Waals surface area contributed by atoms with E-state index in [1.807, 2.05) is 6.07 Å². The van der Waals surface area contributed by atoms with Gasteiger partial charge in [0.05, 0.1) is 0 Å². The summed E-state index contributed by atoms with van der Waals surface area (Å²) in [7, 11) is 0. The molecule has 12 heavy (non-hydrogen) atoms. The number of rotatable bonds is 2. The summed E-state index contributed by atoms with van der Waals surface area (Å²) < 4.78 is 0. The molecule has 0 heterocycles. The summed E-state index contributed by atoms with van der Waals surface area (Å²) >= 11 is 0. The van der Waals surface area contributed by atoms with Crippen LogP contribution in [-0.4, -0.2) is 0 Å². The van der Waals surface area contributed by atoms with Crippen LogP contribution >= 0.6 is 0 Å². The van der Waals surface area contributed by atoms with Crippen molar-refractivity contribution in [3.8, 4) is 0 Å². The molecule has 0 saturated heterocycles. The van der Waals surface area contributed by atoms with Gasteiger partial charge in [-0.05, 0) is 12.3 Å². The molecule has 60 valence electrons. The second kappa shape index (κ2) is 6.22. The van der Waals surface area contributed by atoms with Crippen LogP contribution in [0.2, 0.25) is 0 Å². The summed E-state index contributed by atoms with van der Waals surface area (Å²) in [6.45, 7) is 8.35. The van der Waals surface area contributed by atoms with Crippen molar-refractivity contribution < 1.29 is 51.4 Å². The van der Waals surface area contributed by atoms with Gasteiger partial charge in [-0.15, -0.1) is 11.6 Å². The maximum atomic E-state index is 3.89. The maximum absolute atomic E-state index is 3.89. The van der Waals surface area contributed by atoms with E-state index in [0.29, 0.717) is 0 Å². The summed E-state index contributed by atoms with van der Waals surface area (Å²) in [5.74, 6) is 0.733. The van der Waals surface area contributed by atoms with E-state index in [0.717, 1.165) is 17.9 Å². The molecule has 0 nitrogen and oxygen atoms in total. The first kappa shape index (κ1) is 12.7. The quantitative estimate of drug-likeness (QED) is 0.453. The fraction of sp³-hybridized carbons (Fsp3) is 0.364. The predicted molar refractivity (Wildman–Crippen MR) is 49.4 cm³/mol. The fourth-order valence-electron chi connectivity index (χ4n) is 1.23. The average molecular weight is 186 g/mol. The Balaban J connectivity index is 0.00000121. The molecule has 0 amide bonds. The Morgan fingerprint density at radius 3 is 2.50 bits per heavy atom. The van der Waals surface area contributed by atoms with Crippen molar-refractivity contribution in [1.82, 2.24) is 0 Å². The van der Waals surface area contributed by atoms with Crippen LogP contribution in [-0.2, 0) is 6.42 Å². The molecule has 0 aromatic heterocycles. The molecule has 0 atom stereocenters. The number of benzene rings is 1. The molecule has 0 spiro atoms. The Hall–Kier alpha value is 0.726. The summed E-state index contributed by atoms with van der Waals surface area (Å²) in [5, 5.41) is 0. The maximum Gasteiger partial charge on any atom is 1.00 e. The van der Waals surface area contributed by atoms with Gasteiger partial charge in [-0.1, -0.05) is 19.9 Å². The van der Waals surface area contributed by atoms with Crippen LogP contribution < -0.4 is 51.4 Å². The molecular weight excluding hydrogens is 171 g/mol. The Labute approximate surface area is 118 Å². The molecule has 0 aliphatic carbocycles. The SMILES string of the molecule is [CH2-]c1cccc(CC(C)C)c1.[K+]. The molecule has 0 bridgehead atoms. The monoisotopic (exact) mass is 186 g/mol. The van der Waals surface area contributed by atoms with Gasteiger partial charge in [0.2, 0.25) is 0 Å². The first-order valence-corrected chi connectivity index (χ1v) is 4.09. The number of hydrogen-bond donors (Lipinski definition) is 0. The van der Waals surface area contributed by atoms with E-state index in [1.54, 1.807) is 0 Å². The molecule has 0 N–H and O–H groups in total. The van der Waals surface area contributed by atoms with Crippen molar-refractivity contribution in [2.24, 2.45) is 5.92 Å². The van der Waals surface area contributed by atoms with Gasteiger partial charge < -0.3 is 0 Å². The standard InChI is InChI=1S/C11H15.K/c1-9(2)7-11-6-4-5-10(3)8-11;/h4-6,8-9H,3,7H2,1-2H3;/q-1;+1.